The summed E-state index contributed by atoms with van der Waals surface area (Å²) in [7, 11) is 0. The number of rotatable bonds is 4. The Morgan fingerprint density at radius 2 is 2.32 bits per heavy atom. The zero-order chi connectivity index (χ0) is 13.8. The fraction of sp³-hybridized carbons (Fsp3) is 0.533. The van der Waals surface area contributed by atoms with Crippen LogP contribution >= 0.6 is 0 Å². The Morgan fingerprint density at radius 1 is 1.53 bits per heavy atom. The normalized spacial score (nSPS) is 19.6. The average molecular weight is 262 g/mol. The van der Waals surface area contributed by atoms with Crippen molar-refractivity contribution in [1.29, 1.82) is 0 Å². The third kappa shape index (κ3) is 3.47. The summed E-state index contributed by atoms with van der Waals surface area (Å²) in [5.74, 6) is 0.386. The number of benzene rings is 1. The number of nitrogens with one attached hydrogen (secondary N) is 1. The van der Waals surface area contributed by atoms with Gasteiger partial charge in [0.15, 0.2) is 0 Å². The molecule has 104 valence electrons. The summed E-state index contributed by atoms with van der Waals surface area (Å²) < 4.78 is 0. The minimum atomic E-state index is -0.184. The van der Waals surface area contributed by atoms with Crippen LogP contribution in [0.1, 0.15) is 29.3 Å². The van der Waals surface area contributed by atoms with E-state index in [0.29, 0.717) is 18.0 Å². The lowest BCUT2D eigenvalue weighted by atomic mass is 10.1. The quantitative estimate of drug-likeness (QED) is 0.869. The number of amides is 1. The van der Waals surface area contributed by atoms with Crippen LogP contribution in [0.5, 0.6) is 5.75 Å². The van der Waals surface area contributed by atoms with Crippen molar-refractivity contribution in [3.63, 3.8) is 0 Å². The largest absolute Gasteiger partial charge is 0.507 e. The van der Waals surface area contributed by atoms with Crippen LogP contribution in [0.15, 0.2) is 18.2 Å². The van der Waals surface area contributed by atoms with Crippen molar-refractivity contribution in [1.82, 2.24) is 10.2 Å². The second-order valence-electron chi connectivity index (χ2n) is 5.28. The molecule has 0 radical (unpaired) electrons. The van der Waals surface area contributed by atoms with E-state index >= 15 is 0 Å². The van der Waals surface area contributed by atoms with E-state index in [9.17, 15) is 9.90 Å². The van der Waals surface area contributed by atoms with Gasteiger partial charge in [-0.15, -0.1) is 0 Å². The van der Waals surface area contributed by atoms with Crippen LogP contribution in [-0.2, 0) is 0 Å². The first-order valence-electron chi connectivity index (χ1n) is 6.90. The third-order valence-corrected chi connectivity index (χ3v) is 3.77. The highest BCUT2D eigenvalue weighted by Gasteiger charge is 2.22. The van der Waals surface area contributed by atoms with E-state index < -0.39 is 0 Å². The van der Waals surface area contributed by atoms with E-state index in [1.54, 1.807) is 18.2 Å². The second-order valence-corrected chi connectivity index (χ2v) is 5.28. The molecular weight excluding hydrogens is 240 g/mol. The van der Waals surface area contributed by atoms with Crippen molar-refractivity contribution in [2.45, 2.75) is 20.3 Å². The molecule has 1 amide bonds. The number of carbonyl (C=O) groups excluding carboxylic acids is 1. The summed E-state index contributed by atoms with van der Waals surface area (Å²) in [5.41, 5.74) is 1.34. The molecule has 1 aliphatic rings. The first-order valence-corrected chi connectivity index (χ1v) is 6.90. The SMILES string of the molecule is CCN1CCC(CNC(=O)c2cc(C)ccc2O)C1. The third-order valence-electron chi connectivity index (χ3n) is 3.77. The van der Waals surface area contributed by atoms with Gasteiger partial charge >= 0.3 is 0 Å². The number of carbonyl (C=O) groups is 1. The van der Waals surface area contributed by atoms with Gasteiger partial charge in [-0.1, -0.05) is 18.6 Å². The van der Waals surface area contributed by atoms with Gasteiger partial charge in [0.25, 0.3) is 5.91 Å². The van der Waals surface area contributed by atoms with Crippen molar-refractivity contribution in [2.75, 3.05) is 26.2 Å². The molecule has 1 aliphatic heterocycles. The van der Waals surface area contributed by atoms with Gasteiger partial charge < -0.3 is 15.3 Å². The molecule has 1 aromatic carbocycles. The molecule has 1 atom stereocenters. The Labute approximate surface area is 114 Å². The zero-order valence-electron chi connectivity index (χ0n) is 11.6. The number of hydrogen-bond donors (Lipinski definition) is 2. The molecule has 1 aromatic rings. The second kappa shape index (κ2) is 6.06. The van der Waals surface area contributed by atoms with Gasteiger partial charge in [-0.2, -0.15) is 0 Å². The number of aromatic hydroxyl groups is 1. The highest BCUT2D eigenvalue weighted by Crippen LogP contribution is 2.19. The summed E-state index contributed by atoms with van der Waals surface area (Å²) in [5, 5.41) is 12.6. The molecule has 1 unspecified atom stereocenters. The van der Waals surface area contributed by atoms with Crippen LogP contribution in [0.2, 0.25) is 0 Å². The molecule has 2 N–H and O–H groups in total. The van der Waals surface area contributed by atoms with Crippen LogP contribution in [-0.4, -0.2) is 42.1 Å². The summed E-state index contributed by atoms with van der Waals surface area (Å²) in [6, 6.07) is 5.08. The van der Waals surface area contributed by atoms with Gasteiger partial charge in [-0.3, -0.25) is 4.79 Å². The fourth-order valence-corrected chi connectivity index (χ4v) is 2.53. The molecule has 2 rings (SSSR count). The van der Waals surface area contributed by atoms with Gasteiger partial charge in [0.2, 0.25) is 0 Å². The molecular formula is C15H22N2O2. The van der Waals surface area contributed by atoms with Gasteiger partial charge in [0.1, 0.15) is 5.75 Å². The van der Waals surface area contributed by atoms with Crippen LogP contribution in [0.25, 0.3) is 0 Å². The first-order chi connectivity index (χ1) is 9.10. The van der Waals surface area contributed by atoms with Crippen LogP contribution < -0.4 is 5.32 Å². The van der Waals surface area contributed by atoms with Crippen LogP contribution in [0, 0.1) is 12.8 Å². The highest BCUT2D eigenvalue weighted by molar-refractivity contribution is 5.96. The molecule has 1 fully saturated rings. The maximum Gasteiger partial charge on any atom is 0.255 e. The number of phenols is 1. The standard InChI is InChI=1S/C15H22N2O2/c1-3-17-7-6-12(10-17)9-16-15(19)13-8-11(2)4-5-14(13)18/h4-5,8,12,18H,3,6-7,9-10H2,1-2H3,(H,16,19). The smallest absolute Gasteiger partial charge is 0.255 e. The number of hydrogen-bond acceptors (Lipinski definition) is 3. The lowest BCUT2D eigenvalue weighted by Gasteiger charge is -2.14. The number of nitrogens with zero attached hydrogens (tertiary/aromatic N) is 1. The Morgan fingerprint density at radius 3 is 3.00 bits per heavy atom. The zero-order valence-corrected chi connectivity index (χ0v) is 11.6. The molecule has 0 spiro atoms. The molecule has 4 heteroatoms. The van der Waals surface area contributed by atoms with Crippen molar-refractivity contribution < 1.29 is 9.90 Å². The summed E-state index contributed by atoms with van der Waals surface area (Å²) in [4.78, 5) is 14.4. The summed E-state index contributed by atoms with van der Waals surface area (Å²) in [6.07, 6.45) is 1.13. The molecule has 4 nitrogen and oxygen atoms in total. The predicted octanol–water partition coefficient (Wildman–Crippen LogP) is 1.77. The maximum atomic E-state index is 12.0. The fourth-order valence-electron chi connectivity index (χ4n) is 2.53. The van der Waals surface area contributed by atoms with Crippen LogP contribution in [0.3, 0.4) is 0 Å². The topological polar surface area (TPSA) is 52.6 Å². The summed E-state index contributed by atoms with van der Waals surface area (Å²) >= 11 is 0. The predicted molar refractivity (Wildman–Crippen MR) is 75.4 cm³/mol. The Kier molecular flexibility index (Phi) is 4.43. The minimum Gasteiger partial charge on any atom is -0.507 e. The van der Waals surface area contributed by atoms with Crippen molar-refractivity contribution in [3.8, 4) is 5.75 Å². The molecule has 19 heavy (non-hydrogen) atoms. The van der Waals surface area contributed by atoms with Gasteiger partial charge in [0, 0.05) is 13.1 Å². The lowest BCUT2D eigenvalue weighted by molar-refractivity contribution is 0.0944. The Balaban J connectivity index is 1.89. The number of aryl methyl sites for hydroxylation is 1. The molecule has 0 aliphatic carbocycles. The maximum absolute atomic E-state index is 12.0. The van der Waals surface area contributed by atoms with Crippen molar-refractivity contribution in [2.24, 2.45) is 5.92 Å². The minimum absolute atomic E-state index is 0.0460. The van der Waals surface area contributed by atoms with Gasteiger partial charge in [0.05, 0.1) is 5.56 Å². The van der Waals surface area contributed by atoms with Crippen molar-refractivity contribution in [3.05, 3.63) is 29.3 Å². The van der Waals surface area contributed by atoms with Gasteiger partial charge in [-0.05, 0) is 44.5 Å². The van der Waals surface area contributed by atoms with Gasteiger partial charge in [-0.25, -0.2) is 0 Å². The number of likely N-dealkylation sites (tertiary alicyclic amines) is 1. The van der Waals surface area contributed by atoms with E-state index in [1.165, 1.54) is 0 Å². The molecule has 0 aromatic heterocycles. The van der Waals surface area contributed by atoms with E-state index in [2.05, 4.69) is 17.1 Å². The Hall–Kier alpha value is -1.55. The molecule has 1 heterocycles. The highest BCUT2D eigenvalue weighted by atomic mass is 16.3. The lowest BCUT2D eigenvalue weighted by Crippen LogP contribution is -2.31. The van der Waals surface area contributed by atoms with Crippen LogP contribution in [0.4, 0.5) is 0 Å². The molecule has 1 saturated heterocycles. The number of phenolic OH excluding ortho intramolecular Hbond substituents is 1. The van der Waals surface area contributed by atoms with E-state index in [-0.39, 0.29) is 11.7 Å². The monoisotopic (exact) mass is 262 g/mol. The Bertz CT molecular complexity index is 459. The molecule has 0 bridgehead atoms. The first kappa shape index (κ1) is 13.9. The average Bonchev–Trinajstić information content (AvgIpc) is 2.87. The molecule has 0 saturated carbocycles. The van der Waals surface area contributed by atoms with E-state index in [1.807, 2.05) is 6.92 Å². The van der Waals surface area contributed by atoms with E-state index in [4.69, 9.17) is 0 Å². The van der Waals surface area contributed by atoms with E-state index in [0.717, 1.165) is 31.6 Å². The summed E-state index contributed by atoms with van der Waals surface area (Å²) in [6.45, 7) is 7.99. The van der Waals surface area contributed by atoms with Crippen molar-refractivity contribution >= 4 is 5.91 Å².